The Balaban J connectivity index is 1.73. The van der Waals surface area contributed by atoms with E-state index >= 15 is 0 Å². The molecule has 2 aromatic heterocycles. The van der Waals surface area contributed by atoms with Crippen LogP contribution in [0.3, 0.4) is 0 Å². The highest BCUT2D eigenvalue weighted by Gasteiger charge is 2.31. The first-order valence-electron chi connectivity index (χ1n) is 7.72. The third-order valence-electron chi connectivity index (χ3n) is 3.84. The summed E-state index contributed by atoms with van der Waals surface area (Å²) >= 11 is 2.28. The molecule has 1 unspecified atom stereocenters. The van der Waals surface area contributed by atoms with Gasteiger partial charge in [-0.05, 0) is 17.0 Å². The summed E-state index contributed by atoms with van der Waals surface area (Å²) in [6, 6.07) is 3.46. The molecule has 0 saturated heterocycles. The summed E-state index contributed by atoms with van der Waals surface area (Å²) in [5, 5.41) is 24.8. The van der Waals surface area contributed by atoms with Crippen molar-refractivity contribution in [3.05, 3.63) is 38.4 Å². The van der Waals surface area contributed by atoms with Gasteiger partial charge in [0.25, 0.3) is 5.91 Å². The van der Waals surface area contributed by atoms with Crippen LogP contribution in [0.1, 0.15) is 30.5 Å². The van der Waals surface area contributed by atoms with Crippen LogP contribution in [0.5, 0.6) is 0 Å². The van der Waals surface area contributed by atoms with E-state index in [0.29, 0.717) is 15.3 Å². The fourth-order valence-electron chi connectivity index (χ4n) is 2.63. The molecule has 1 aliphatic heterocycles. The predicted molar refractivity (Wildman–Crippen MR) is 96.5 cm³/mol. The van der Waals surface area contributed by atoms with Gasteiger partial charge in [0.1, 0.15) is 5.00 Å². The number of anilines is 1. The Bertz CT molecular complexity index is 904. The summed E-state index contributed by atoms with van der Waals surface area (Å²) in [4.78, 5) is 46.9. The molecule has 0 bridgehead atoms. The Labute approximate surface area is 160 Å². The third kappa shape index (κ3) is 4.15. The maximum Gasteiger partial charge on any atom is 0.394 e. The summed E-state index contributed by atoms with van der Waals surface area (Å²) in [5.41, 5.74) is 0.345. The second-order valence-corrected chi connectivity index (χ2v) is 7.65. The molecule has 4 N–H and O–H groups in total. The Morgan fingerprint density at radius 2 is 2.04 bits per heavy atom. The van der Waals surface area contributed by atoms with Gasteiger partial charge in [-0.25, -0.2) is 9.59 Å². The van der Waals surface area contributed by atoms with E-state index in [0.717, 1.165) is 11.3 Å². The summed E-state index contributed by atoms with van der Waals surface area (Å²) in [7, 11) is 0. The minimum atomic E-state index is -1.71. The van der Waals surface area contributed by atoms with Crippen LogP contribution in [0.15, 0.2) is 17.5 Å². The van der Waals surface area contributed by atoms with Crippen molar-refractivity contribution in [1.29, 1.82) is 0 Å². The topological polar surface area (TPSA) is 142 Å². The van der Waals surface area contributed by atoms with Gasteiger partial charge in [-0.3, -0.25) is 9.59 Å². The van der Waals surface area contributed by atoms with Gasteiger partial charge in [0.2, 0.25) is 0 Å². The highest BCUT2D eigenvalue weighted by atomic mass is 32.1. The molecule has 2 amide bonds. The summed E-state index contributed by atoms with van der Waals surface area (Å²) in [6.07, 6.45) is -0.210. The molecule has 27 heavy (non-hydrogen) atoms. The molecule has 0 fully saturated rings. The van der Waals surface area contributed by atoms with Gasteiger partial charge in [-0.2, -0.15) is 0 Å². The lowest BCUT2D eigenvalue weighted by Gasteiger charge is -2.23. The van der Waals surface area contributed by atoms with E-state index in [4.69, 9.17) is 9.84 Å². The second kappa shape index (κ2) is 7.86. The summed E-state index contributed by atoms with van der Waals surface area (Å²) in [5.74, 6) is -4.52. The van der Waals surface area contributed by atoms with Gasteiger partial charge >= 0.3 is 17.8 Å². The lowest BCUT2D eigenvalue weighted by atomic mass is 10.0. The molecule has 11 heteroatoms. The zero-order valence-corrected chi connectivity index (χ0v) is 15.3. The van der Waals surface area contributed by atoms with Gasteiger partial charge in [-0.1, -0.05) is 6.07 Å². The Morgan fingerprint density at radius 3 is 2.67 bits per heavy atom. The Kier molecular flexibility index (Phi) is 5.54. The van der Waals surface area contributed by atoms with Gasteiger partial charge in [0, 0.05) is 17.8 Å². The molecule has 142 valence electrons. The van der Waals surface area contributed by atoms with E-state index in [2.05, 4.69) is 10.6 Å². The second-order valence-electron chi connectivity index (χ2n) is 5.60. The van der Waals surface area contributed by atoms with Crippen LogP contribution < -0.4 is 10.6 Å². The molecule has 3 rings (SSSR count). The minimum Gasteiger partial charge on any atom is -0.478 e. The van der Waals surface area contributed by atoms with E-state index in [9.17, 15) is 24.3 Å². The fourth-order valence-corrected chi connectivity index (χ4v) is 4.41. The van der Waals surface area contributed by atoms with Crippen molar-refractivity contribution in [1.82, 2.24) is 5.32 Å². The molecule has 1 atom stereocenters. The predicted octanol–water partition coefficient (Wildman–Crippen LogP) is 1.40. The Morgan fingerprint density at radius 1 is 1.26 bits per heavy atom. The number of rotatable bonds is 5. The number of carboxylic acids is 2. The molecule has 3 heterocycles. The number of hydrogen-bond acceptors (Lipinski definition) is 7. The largest absolute Gasteiger partial charge is 0.478 e. The molecule has 0 radical (unpaired) electrons. The van der Waals surface area contributed by atoms with Crippen LogP contribution in [0, 0.1) is 0 Å². The highest BCUT2D eigenvalue weighted by molar-refractivity contribution is 7.17. The molecule has 0 aromatic carbocycles. The number of fused-ring (bicyclic) bond motifs is 1. The maximum atomic E-state index is 12.0. The molecular weight excluding hydrogens is 396 g/mol. The number of carboxylic acid groups (broad SMARTS) is 2. The highest BCUT2D eigenvalue weighted by Crippen LogP contribution is 2.37. The van der Waals surface area contributed by atoms with E-state index in [1.807, 2.05) is 0 Å². The number of thiophene rings is 2. The van der Waals surface area contributed by atoms with E-state index in [1.165, 1.54) is 11.3 Å². The molecule has 9 nitrogen and oxygen atoms in total. The number of aliphatic carboxylic acids is 1. The summed E-state index contributed by atoms with van der Waals surface area (Å²) < 4.78 is 5.65. The van der Waals surface area contributed by atoms with Crippen molar-refractivity contribution in [3.8, 4) is 0 Å². The zero-order valence-electron chi connectivity index (χ0n) is 13.7. The first kappa shape index (κ1) is 19.0. The molecule has 0 aliphatic carbocycles. The normalized spacial score (nSPS) is 15.6. The SMILES string of the molecule is O=C(O)C(=O)Nc1sc2c(c1C(=O)O)CC(CNC(=O)c1cccs1)OC2. The van der Waals surface area contributed by atoms with E-state index in [1.54, 1.807) is 17.5 Å². The van der Waals surface area contributed by atoms with Crippen LogP contribution in [0.2, 0.25) is 0 Å². The first-order valence-corrected chi connectivity index (χ1v) is 9.41. The standard InChI is InChI=1S/C16H14N2O7S2/c19-12(9-2-1-3-26-9)17-5-7-4-8-10(6-25-7)27-14(11(8)15(21)22)18-13(20)16(23)24/h1-3,7H,4-6H2,(H,17,19)(H,18,20)(H,21,22)(H,23,24). The number of nitrogens with one attached hydrogen (secondary N) is 2. The monoisotopic (exact) mass is 410 g/mol. The van der Waals surface area contributed by atoms with Gasteiger partial charge < -0.3 is 25.6 Å². The molecule has 2 aromatic rings. The lowest BCUT2D eigenvalue weighted by molar-refractivity contribution is -0.147. The molecular formula is C16H14N2O7S2. The fraction of sp³-hybridized carbons (Fsp3) is 0.250. The average Bonchev–Trinajstić information content (AvgIpc) is 3.26. The maximum absolute atomic E-state index is 12.0. The van der Waals surface area contributed by atoms with Crippen molar-refractivity contribution in [3.63, 3.8) is 0 Å². The van der Waals surface area contributed by atoms with E-state index in [-0.39, 0.29) is 36.0 Å². The van der Waals surface area contributed by atoms with Crippen LogP contribution >= 0.6 is 22.7 Å². The van der Waals surface area contributed by atoms with Crippen LogP contribution in [0.25, 0.3) is 0 Å². The number of hydrogen-bond donors (Lipinski definition) is 4. The van der Waals surface area contributed by atoms with Crippen molar-refractivity contribution >= 4 is 51.4 Å². The Hall–Kier alpha value is -2.76. The molecule has 0 saturated carbocycles. The van der Waals surface area contributed by atoms with Crippen LogP contribution in [0.4, 0.5) is 5.00 Å². The summed E-state index contributed by atoms with van der Waals surface area (Å²) in [6.45, 7) is 0.310. The van der Waals surface area contributed by atoms with Crippen molar-refractivity contribution < 1.29 is 34.1 Å². The van der Waals surface area contributed by atoms with Crippen LogP contribution in [-0.4, -0.2) is 46.6 Å². The van der Waals surface area contributed by atoms with Crippen molar-refractivity contribution in [2.24, 2.45) is 0 Å². The van der Waals surface area contributed by atoms with E-state index < -0.39 is 23.9 Å². The number of carbonyl (C=O) groups excluding carboxylic acids is 2. The van der Waals surface area contributed by atoms with Gasteiger partial charge in [0.05, 0.1) is 23.2 Å². The van der Waals surface area contributed by atoms with Gasteiger partial charge in [-0.15, -0.1) is 22.7 Å². The molecule has 0 spiro atoms. The number of amides is 2. The first-order chi connectivity index (χ1) is 12.9. The van der Waals surface area contributed by atoms with Crippen LogP contribution in [-0.2, 0) is 27.4 Å². The smallest absolute Gasteiger partial charge is 0.394 e. The molecule has 1 aliphatic rings. The number of aromatic carboxylic acids is 1. The lowest BCUT2D eigenvalue weighted by Crippen LogP contribution is -2.36. The number of carbonyl (C=O) groups is 4. The van der Waals surface area contributed by atoms with Gasteiger partial charge in [0.15, 0.2) is 0 Å². The average molecular weight is 410 g/mol. The minimum absolute atomic E-state index is 0.0354. The zero-order chi connectivity index (χ0) is 19.6. The third-order valence-corrected chi connectivity index (χ3v) is 5.83. The van der Waals surface area contributed by atoms with Crippen molar-refractivity contribution in [2.45, 2.75) is 19.1 Å². The number of ether oxygens (including phenoxy) is 1. The van der Waals surface area contributed by atoms with Crippen molar-refractivity contribution in [2.75, 3.05) is 11.9 Å². The quantitative estimate of drug-likeness (QED) is 0.546.